The van der Waals surface area contributed by atoms with Gasteiger partial charge in [-0.1, -0.05) is 18.2 Å². The lowest BCUT2D eigenvalue weighted by Gasteiger charge is -2.41. The lowest BCUT2D eigenvalue weighted by Crippen LogP contribution is -2.48. The number of ketones is 1. The maximum absolute atomic E-state index is 14.4. The molecule has 0 amide bonds. The second-order valence-corrected chi connectivity index (χ2v) is 6.33. The van der Waals surface area contributed by atoms with Crippen LogP contribution in [0.1, 0.15) is 42.3 Å². The van der Waals surface area contributed by atoms with E-state index in [1.165, 1.54) is 13.0 Å². The predicted molar refractivity (Wildman–Crippen MR) is 80.1 cm³/mol. The number of hydrogen-bond acceptors (Lipinski definition) is 3. The number of Topliss-reactive ketones (excluding diaryl/α,β-unsaturated/α-hetero) is 1. The summed E-state index contributed by atoms with van der Waals surface area (Å²) in [5.41, 5.74) is 1.51. The average Bonchev–Trinajstić information content (AvgIpc) is 2.77. The number of aryl methyl sites for hydroxylation is 1. The SMILES string of the molecule is CC(=O)[C@H]1[C@@H](c2ccccc2F)c2c(n[nH]c2C)C[C@@]1(C)O. The summed E-state index contributed by atoms with van der Waals surface area (Å²) in [6.07, 6.45) is 0.280. The van der Waals surface area contributed by atoms with Crippen LogP contribution in [0.15, 0.2) is 24.3 Å². The van der Waals surface area contributed by atoms with E-state index in [2.05, 4.69) is 10.2 Å². The molecule has 0 fully saturated rings. The highest BCUT2D eigenvalue weighted by Gasteiger charge is 2.49. The number of nitrogens with zero attached hydrogens (tertiary/aromatic N) is 1. The number of aromatic amines is 1. The van der Waals surface area contributed by atoms with E-state index in [-0.39, 0.29) is 18.0 Å². The van der Waals surface area contributed by atoms with Gasteiger partial charge >= 0.3 is 0 Å². The van der Waals surface area contributed by atoms with Crippen LogP contribution in [-0.2, 0) is 11.2 Å². The lowest BCUT2D eigenvalue weighted by atomic mass is 9.64. The van der Waals surface area contributed by atoms with E-state index in [1.54, 1.807) is 25.1 Å². The number of aliphatic hydroxyl groups is 1. The van der Waals surface area contributed by atoms with Crippen LogP contribution >= 0.6 is 0 Å². The summed E-state index contributed by atoms with van der Waals surface area (Å²) in [7, 11) is 0. The van der Waals surface area contributed by atoms with Crippen molar-refractivity contribution in [2.75, 3.05) is 0 Å². The van der Waals surface area contributed by atoms with Crippen molar-refractivity contribution in [3.8, 4) is 0 Å². The van der Waals surface area contributed by atoms with Crippen molar-refractivity contribution < 1.29 is 14.3 Å². The van der Waals surface area contributed by atoms with E-state index in [1.807, 2.05) is 6.92 Å². The molecule has 5 heteroatoms. The maximum Gasteiger partial charge on any atom is 0.136 e. The number of nitrogens with one attached hydrogen (secondary N) is 1. The summed E-state index contributed by atoms with van der Waals surface area (Å²) in [5, 5.41) is 17.9. The molecule has 116 valence electrons. The Labute approximate surface area is 128 Å². The summed E-state index contributed by atoms with van der Waals surface area (Å²) in [6.45, 7) is 4.93. The highest BCUT2D eigenvalue weighted by atomic mass is 19.1. The van der Waals surface area contributed by atoms with E-state index in [0.29, 0.717) is 11.3 Å². The topological polar surface area (TPSA) is 66.0 Å². The average molecular weight is 302 g/mol. The first-order chi connectivity index (χ1) is 10.3. The predicted octanol–water partition coefficient (Wildman–Crippen LogP) is 2.50. The summed E-state index contributed by atoms with van der Waals surface area (Å²) < 4.78 is 14.4. The van der Waals surface area contributed by atoms with Gasteiger partial charge < -0.3 is 5.11 Å². The molecule has 1 aliphatic carbocycles. The molecule has 3 rings (SSSR count). The van der Waals surface area contributed by atoms with Crippen LogP contribution in [0.5, 0.6) is 0 Å². The first kappa shape index (κ1) is 14.9. The smallest absolute Gasteiger partial charge is 0.136 e. The minimum Gasteiger partial charge on any atom is -0.389 e. The minimum atomic E-state index is -1.26. The largest absolute Gasteiger partial charge is 0.389 e. The van der Waals surface area contributed by atoms with Crippen molar-refractivity contribution in [3.05, 3.63) is 52.6 Å². The molecule has 22 heavy (non-hydrogen) atoms. The van der Waals surface area contributed by atoms with Gasteiger partial charge in [-0.25, -0.2) is 4.39 Å². The Kier molecular flexibility index (Phi) is 3.40. The maximum atomic E-state index is 14.4. The first-order valence-corrected chi connectivity index (χ1v) is 7.34. The van der Waals surface area contributed by atoms with E-state index in [9.17, 15) is 14.3 Å². The molecule has 0 unspecified atom stereocenters. The number of benzene rings is 1. The van der Waals surface area contributed by atoms with Crippen LogP contribution in [0, 0.1) is 18.7 Å². The molecule has 0 spiro atoms. The minimum absolute atomic E-state index is 0.149. The third-order valence-electron chi connectivity index (χ3n) is 4.59. The van der Waals surface area contributed by atoms with Crippen molar-refractivity contribution in [3.63, 3.8) is 0 Å². The highest BCUT2D eigenvalue weighted by Crippen LogP contribution is 2.47. The van der Waals surface area contributed by atoms with E-state index in [4.69, 9.17) is 0 Å². The van der Waals surface area contributed by atoms with Crippen LogP contribution in [0.25, 0.3) is 0 Å². The third-order valence-corrected chi connectivity index (χ3v) is 4.59. The van der Waals surface area contributed by atoms with Gasteiger partial charge in [-0.05, 0) is 32.4 Å². The van der Waals surface area contributed by atoms with Gasteiger partial charge in [0.05, 0.1) is 17.2 Å². The van der Waals surface area contributed by atoms with E-state index >= 15 is 0 Å². The fourth-order valence-corrected chi connectivity index (χ4v) is 3.75. The molecule has 1 heterocycles. The molecule has 1 aromatic heterocycles. The van der Waals surface area contributed by atoms with Crippen LogP contribution in [0.2, 0.25) is 0 Å². The Bertz CT molecular complexity index is 736. The summed E-state index contributed by atoms with van der Waals surface area (Å²) in [5.74, 6) is -1.75. The second-order valence-electron chi connectivity index (χ2n) is 6.33. The van der Waals surface area contributed by atoms with Gasteiger partial charge in [0.2, 0.25) is 0 Å². The number of aromatic nitrogens is 2. The van der Waals surface area contributed by atoms with Gasteiger partial charge in [-0.15, -0.1) is 0 Å². The molecule has 2 aromatic rings. The molecule has 2 N–H and O–H groups in total. The molecule has 1 aromatic carbocycles. The molecule has 4 nitrogen and oxygen atoms in total. The first-order valence-electron chi connectivity index (χ1n) is 7.34. The molecule has 0 bridgehead atoms. The standard InChI is InChI=1S/C17H19FN2O2/c1-9-14-13(20-19-9)8-17(3,22)16(10(2)21)15(14)11-6-4-5-7-12(11)18/h4-7,15-16,22H,8H2,1-3H3,(H,19,20)/t15-,16-,17+/m0/s1. The van der Waals surface area contributed by atoms with E-state index < -0.39 is 17.4 Å². The number of fused-ring (bicyclic) bond motifs is 1. The van der Waals surface area contributed by atoms with Gasteiger partial charge in [0.25, 0.3) is 0 Å². The third kappa shape index (κ3) is 2.16. The molecule has 3 atom stereocenters. The Morgan fingerprint density at radius 2 is 2.14 bits per heavy atom. The molecular weight excluding hydrogens is 283 g/mol. The van der Waals surface area contributed by atoms with Gasteiger partial charge in [-0.2, -0.15) is 5.10 Å². The fraction of sp³-hybridized carbons (Fsp3) is 0.412. The fourth-order valence-electron chi connectivity index (χ4n) is 3.75. The molecule has 0 saturated carbocycles. The monoisotopic (exact) mass is 302 g/mol. The molecule has 0 aliphatic heterocycles. The van der Waals surface area contributed by atoms with Gasteiger partial charge in [0.15, 0.2) is 0 Å². The molecular formula is C17H19FN2O2. The summed E-state index contributed by atoms with van der Waals surface area (Å²) >= 11 is 0. The van der Waals surface area contributed by atoms with Crippen LogP contribution in [0.3, 0.4) is 0 Å². The Morgan fingerprint density at radius 3 is 2.77 bits per heavy atom. The molecule has 0 radical (unpaired) electrons. The highest BCUT2D eigenvalue weighted by molar-refractivity contribution is 5.82. The van der Waals surface area contributed by atoms with E-state index in [0.717, 1.165) is 11.3 Å². The summed E-state index contributed by atoms with van der Waals surface area (Å²) in [4.78, 5) is 12.2. The molecule has 0 saturated heterocycles. The van der Waals surface area contributed by atoms with Gasteiger partial charge in [0, 0.05) is 23.6 Å². The summed E-state index contributed by atoms with van der Waals surface area (Å²) in [6, 6.07) is 6.41. The van der Waals surface area contributed by atoms with Crippen molar-refractivity contribution in [1.82, 2.24) is 10.2 Å². The number of halogens is 1. The second kappa shape index (κ2) is 5.02. The Balaban J connectivity index is 2.28. The number of rotatable bonds is 2. The zero-order chi connectivity index (χ0) is 16.1. The Hall–Kier alpha value is -2.01. The van der Waals surface area contributed by atoms with Gasteiger partial charge in [0.1, 0.15) is 11.6 Å². The number of H-pyrrole nitrogens is 1. The van der Waals surface area contributed by atoms with Crippen molar-refractivity contribution in [2.24, 2.45) is 5.92 Å². The number of hydrogen-bond donors (Lipinski definition) is 2. The number of carbonyl (C=O) groups excluding carboxylic acids is 1. The van der Waals surface area contributed by atoms with Crippen LogP contribution < -0.4 is 0 Å². The number of carbonyl (C=O) groups is 1. The normalized spacial score (nSPS) is 27.5. The quantitative estimate of drug-likeness (QED) is 0.896. The molecule has 1 aliphatic rings. The lowest BCUT2D eigenvalue weighted by molar-refractivity contribution is -0.130. The Morgan fingerprint density at radius 1 is 1.45 bits per heavy atom. The van der Waals surface area contributed by atoms with Crippen molar-refractivity contribution in [1.29, 1.82) is 0 Å². The van der Waals surface area contributed by atoms with Gasteiger partial charge in [-0.3, -0.25) is 9.89 Å². The van der Waals surface area contributed by atoms with Crippen molar-refractivity contribution >= 4 is 5.78 Å². The van der Waals surface area contributed by atoms with Crippen LogP contribution in [0.4, 0.5) is 4.39 Å². The zero-order valence-electron chi connectivity index (χ0n) is 12.9. The van der Waals surface area contributed by atoms with Crippen LogP contribution in [-0.4, -0.2) is 26.7 Å². The zero-order valence-corrected chi connectivity index (χ0v) is 12.9. The van der Waals surface area contributed by atoms with Crippen molar-refractivity contribution in [2.45, 2.75) is 38.7 Å².